The highest BCUT2D eigenvalue weighted by Gasteiger charge is 2.44. The van der Waals surface area contributed by atoms with Crippen molar-refractivity contribution in [2.24, 2.45) is 5.41 Å². The third-order valence-electron chi connectivity index (χ3n) is 3.72. The van der Waals surface area contributed by atoms with Crippen LogP contribution >= 0.6 is 0 Å². The molecule has 1 aliphatic carbocycles. The van der Waals surface area contributed by atoms with Gasteiger partial charge in [0.2, 0.25) is 0 Å². The maximum absolute atomic E-state index is 9.99. The summed E-state index contributed by atoms with van der Waals surface area (Å²) < 4.78 is 0. The van der Waals surface area contributed by atoms with E-state index in [0.29, 0.717) is 6.42 Å². The summed E-state index contributed by atoms with van der Waals surface area (Å²) in [7, 11) is 0. The van der Waals surface area contributed by atoms with Crippen molar-refractivity contribution in [2.45, 2.75) is 44.6 Å². The molecule has 84 valence electrons. The van der Waals surface area contributed by atoms with E-state index in [1.165, 1.54) is 12.8 Å². The molecule has 1 atom stereocenters. The molecule has 2 fully saturated rings. The first-order valence-electron chi connectivity index (χ1n) is 5.87. The normalized spacial score (nSPS) is 34.7. The predicted octanol–water partition coefficient (Wildman–Crippen LogP) is 1.53. The Hall–Kier alpha value is -0.590. The van der Waals surface area contributed by atoms with Gasteiger partial charge in [-0.2, -0.15) is 5.26 Å². The summed E-state index contributed by atoms with van der Waals surface area (Å²) in [5, 5.41) is 18.7. The number of piperidine rings is 1. The van der Waals surface area contributed by atoms with Crippen LogP contribution in [-0.4, -0.2) is 35.2 Å². The van der Waals surface area contributed by atoms with Gasteiger partial charge in [-0.25, -0.2) is 0 Å². The van der Waals surface area contributed by atoms with E-state index in [0.717, 1.165) is 32.5 Å². The van der Waals surface area contributed by atoms with Crippen molar-refractivity contribution in [1.29, 1.82) is 5.26 Å². The largest absolute Gasteiger partial charge is 0.389 e. The molecule has 15 heavy (non-hydrogen) atoms. The van der Waals surface area contributed by atoms with Crippen LogP contribution in [0.1, 0.15) is 39.0 Å². The van der Waals surface area contributed by atoms with Crippen molar-refractivity contribution >= 4 is 0 Å². The third-order valence-corrected chi connectivity index (χ3v) is 3.72. The van der Waals surface area contributed by atoms with Gasteiger partial charge in [-0.3, -0.25) is 4.90 Å². The van der Waals surface area contributed by atoms with Crippen LogP contribution in [0.15, 0.2) is 0 Å². The monoisotopic (exact) mass is 208 g/mol. The minimum absolute atomic E-state index is 0.280. The Labute approximate surface area is 91.7 Å². The number of nitriles is 1. The smallest absolute Gasteiger partial charge is 0.0746 e. The maximum Gasteiger partial charge on any atom is 0.0746 e. The third kappa shape index (κ3) is 2.70. The number of nitrogens with zero attached hydrogens (tertiary/aromatic N) is 2. The maximum atomic E-state index is 9.99. The number of hydrogen-bond acceptors (Lipinski definition) is 3. The highest BCUT2D eigenvalue weighted by molar-refractivity contribution is 5.02. The van der Waals surface area contributed by atoms with E-state index >= 15 is 0 Å². The Morgan fingerprint density at radius 2 is 2.13 bits per heavy atom. The molecule has 0 aromatic rings. The fourth-order valence-corrected chi connectivity index (χ4v) is 2.67. The second-order valence-corrected chi connectivity index (χ2v) is 5.65. The quantitative estimate of drug-likeness (QED) is 0.765. The molecule has 0 aromatic carbocycles. The number of aliphatic hydroxyl groups is 1. The molecule has 1 saturated carbocycles. The van der Waals surface area contributed by atoms with Crippen LogP contribution in [0.4, 0.5) is 0 Å². The lowest BCUT2D eigenvalue weighted by atomic mass is 9.93. The molecule has 3 nitrogen and oxygen atoms in total. The van der Waals surface area contributed by atoms with Gasteiger partial charge in [0, 0.05) is 19.5 Å². The molecule has 0 bridgehead atoms. The van der Waals surface area contributed by atoms with Crippen molar-refractivity contribution in [2.75, 3.05) is 19.6 Å². The molecule has 3 heteroatoms. The predicted molar refractivity (Wildman–Crippen MR) is 58.2 cm³/mol. The van der Waals surface area contributed by atoms with Crippen LogP contribution in [0.3, 0.4) is 0 Å². The Morgan fingerprint density at radius 1 is 1.40 bits per heavy atom. The van der Waals surface area contributed by atoms with Gasteiger partial charge in [-0.15, -0.1) is 0 Å². The second-order valence-electron chi connectivity index (χ2n) is 5.65. The van der Waals surface area contributed by atoms with Crippen LogP contribution in [-0.2, 0) is 0 Å². The van der Waals surface area contributed by atoms with E-state index < -0.39 is 5.60 Å². The van der Waals surface area contributed by atoms with Gasteiger partial charge in [0.15, 0.2) is 0 Å². The summed E-state index contributed by atoms with van der Waals surface area (Å²) in [5.74, 6) is 0. The van der Waals surface area contributed by atoms with Gasteiger partial charge in [0.1, 0.15) is 0 Å². The molecule has 1 N–H and O–H groups in total. The number of likely N-dealkylation sites (tertiary alicyclic amines) is 1. The van der Waals surface area contributed by atoms with Gasteiger partial charge in [0.05, 0.1) is 11.7 Å². The molecule has 0 aromatic heterocycles. The fourth-order valence-electron chi connectivity index (χ4n) is 2.67. The van der Waals surface area contributed by atoms with Crippen molar-refractivity contribution in [3.8, 4) is 6.07 Å². The van der Waals surface area contributed by atoms with Gasteiger partial charge < -0.3 is 5.11 Å². The molecular formula is C12H20N2O. The fraction of sp³-hybridized carbons (Fsp3) is 0.917. The minimum atomic E-state index is -0.513. The van der Waals surface area contributed by atoms with Crippen molar-refractivity contribution in [3.63, 3.8) is 0 Å². The Balaban J connectivity index is 1.87. The molecule has 1 unspecified atom stereocenters. The summed E-state index contributed by atoms with van der Waals surface area (Å²) in [4.78, 5) is 2.34. The van der Waals surface area contributed by atoms with Crippen LogP contribution < -0.4 is 0 Å². The van der Waals surface area contributed by atoms with Crippen molar-refractivity contribution in [1.82, 2.24) is 4.90 Å². The van der Waals surface area contributed by atoms with E-state index in [-0.39, 0.29) is 5.41 Å². The average Bonchev–Trinajstić information content (AvgIpc) is 2.83. The average molecular weight is 208 g/mol. The zero-order valence-corrected chi connectivity index (χ0v) is 9.50. The van der Waals surface area contributed by atoms with Gasteiger partial charge >= 0.3 is 0 Å². The molecule has 2 rings (SSSR count). The first kappa shape index (κ1) is 10.9. The number of β-amino-alcohol motifs (C(OH)–C–C–N with tert-alkyl or cyclic N) is 1. The summed E-state index contributed by atoms with van der Waals surface area (Å²) in [5.41, 5.74) is -0.233. The zero-order valence-electron chi connectivity index (χ0n) is 9.50. The summed E-state index contributed by atoms with van der Waals surface area (Å²) in [6.45, 7) is 4.79. The van der Waals surface area contributed by atoms with E-state index in [2.05, 4.69) is 11.0 Å². The summed E-state index contributed by atoms with van der Waals surface area (Å²) >= 11 is 0. The molecule has 0 radical (unpaired) electrons. The van der Waals surface area contributed by atoms with E-state index in [1.807, 2.05) is 6.92 Å². The highest BCUT2D eigenvalue weighted by Crippen LogP contribution is 2.49. The zero-order chi connectivity index (χ0) is 10.9. The lowest BCUT2D eigenvalue weighted by molar-refractivity contribution is -0.0210. The molecule has 2 aliphatic rings. The lowest BCUT2D eigenvalue weighted by Crippen LogP contribution is -2.47. The van der Waals surface area contributed by atoms with Crippen LogP contribution in [0.25, 0.3) is 0 Å². The Bertz CT molecular complexity index is 276. The molecule has 0 amide bonds. The van der Waals surface area contributed by atoms with Gasteiger partial charge in [-0.1, -0.05) is 0 Å². The minimum Gasteiger partial charge on any atom is -0.389 e. The molecule has 1 aliphatic heterocycles. The first-order chi connectivity index (χ1) is 7.05. The first-order valence-corrected chi connectivity index (χ1v) is 5.87. The Kier molecular flexibility index (Phi) is 2.74. The molecular weight excluding hydrogens is 188 g/mol. The number of hydrogen-bond donors (Lipinski definition) is 1. The van der Waals surface area contributed by atoms with Crippen molar-refractivity contribution in [3.05, 3.63) is 0 Å². The standard InChI is InChI=1S/C12H20N2O/c1-11(15)3-2-8-14(9-11)10-12(4-5-12)6-7-13/h15H,2-6,8-10H2,1H3. The molecule has 1 heterocycles. The molecule has 0 spiro atoms. The number of rotatable bonds is 3. The van der Waals surface area contributed by atoms with Gasteiger partial charge in [-0.05, 0) is 44.6 Å². The lowest BCUT2D eigenvalue weighted by Gasteiger charge is -2.38. The van der Waals surface area contributed by atoms with E-state index in [9.17, 15) is 5.11 Å². The van der Waals surface area contributed by atoms with Crippen molar-refractivity contribution < 1.29 is 5.11 Å². The summed E-state index contributed by atoms with van der Waals surface area (Å²) in [6.07, 6.45) is 5.06. The van der Waals surface area contributed by atoms with Gasteiger partial charge in [0.25, 0.3) is 0 Å². The van der Waals surface area contributed by atoms with Crippen LogP contribution in [0, 0.1) is 16.7 Å². The second kappa shape index (κ2) is 3.77. The van der Waals surface area contributed by atoms with Crippen LogP contribution in [0.2, 0.25) is 0 Å². The SMILES string of the molecule is CC1(O)CCCN(CC2(CC#N)CC2)C1. The Morgan fingerprint density at radius 3 is 2.67 bits per heavy atom. The molecule has 1 saturated heterocycles. The van der Waals surface area contributed by atoms with E-state index in [1.54, 1.807) is 0 Å². The highest BCUT2D eigenvalue weighted by atomic mass is 16.3. The topological polar surface area (TPSA) is 47.3 Å². The summed E-state index contributed by atoms with van der Waals surface area (Å²) in [6, 6.07) is 2.29. The van der Waals surface area contributed by atoms with E-state index in [4.69, 9.17) is 5.26 Å². The van der Waals surface area contributed by atoms with Crippen LogP contribution in [0.5, 0.6) is 0 Å².